The standard InChI is InChI=1S/C16H24N2O3/c1-20-10-11-21-15-4-2-14(3-5-15)16(19)18-8-6-13(12-17)7-9-18/h2-5,13H,6-12,17H2,1H3. The Morgan fingerprint density at radius 2 is 1.90 bits per heavy atom. The number of nitrogens with two attached hydrogens (primary N) is 1. The minimum Gasteiger partial charge on any atom is -0.491 e. The number of hydrogen-bond acceptors (Lipinski definition) is 4. The number of carbonyl (C=O) groups is 1. The lowest BCUT2D eigenvalue weighted by molar-refractivity contribution is 0.0693. The number of ether oxygens (including phenoxy) is 2. The molecule has 5 nitrogen and oxygen atoms in total. The molecule has 0 spiro atoms. The van der Waals surface area contributed by atoms with E-state index in [1.54, 1.807) is 7.11 Å². The molecule has 5 heteroatoms. The maximum Gasteiger partial charge on any atom is 0.253 e. The smallest absolute Gasteiger partial charge is 0.253 e. The van der Waals surface area contributed by atoms with Crippen molar-refractivity contribution in [3.63, 3.8) is 0 Å². The van der Waals surface area contributed by atoms with Gasteiger partial charge in [-0.05, 0) is 49.6 Å². The Kier molecular flexibility index (Phi) is 6.02. The molecule has 0 aliphatic carbocycles. The van der Waals surface area contributed by atoms with Crippen LogP contribution in [0.4, 0.5) is 0 Å². The van der Waals surface area contributed by atoms with E-state index in [9.17, 15) is 4.79 Å². The Morgan fingerprint density at radius 3 is 2.48 bits per heavy atom. The Bertz CT molecular complexity index is 439. The van der Waals surface area contributed by atoms with Gasteiger partial charge >= 0.3 is 0 Å². The van der Waals surface area contributed by atoms with Crippen LogP contribution in [0, 0.1) is 5.92 Å². The fraction of sp³-hybridized carbons (Fsp3) is 0.562. The summed E-state index contributed by atoms with van der Waals surface area (Å²) in [7, 11) is 1.64. The topological polar surface area (TPSA) is 64.8 Å². The predicted octanol–water partition coefficient (Wildman–Crippen LogP) is 1.52. The van der Waals surface area contributed by atoms with Crippen LogP contribution in [0.15, 0.2) is 24.3 Å². The number of nitrogens with zero attached hydrogens (tertiary/aromatic N) is 1. The van der Waals surface area contributed by atoms with Crippen molar-refractivity contribution in [3.05, 3.63) is 29.8 Å². The Labute approximate surface area is 126 Å². The van der Waals surface area contributed by atoms with Gasteiger partial charge in [0.25, 0.3) is 5.91 Å². The van der Waals surface area contributed by atoms with Gasteiger partial charge in [0.1, 0.15) is 12.4 Å². The molecule has 2 rings (SSSR count). The van der Waals surface area contributed by atoms with Crippen molar-refractivity contribution in [3.8, 4) is 5.75 Å². The van der Waals surface area contributed by atoms with Gasteiger partial charge in [-0.15, -0.1) is 0 Å². The lowest BCUT2D eigenvalue weighted by Crippen LogP contribution is -2.40. The fourth-order valence-corrected chi connectivity index (χ4v) is 2.49. The minimum atomic E-state index is 0.0916. The van der Waals surface area contributed by atoms with Gasteiger partial charge in [-0.25, -0.2) is 0 Å². The fourth-order valence-electron chi connectivity index (χ4n) is 2.49. The number of amides is 1. The third-order valence-electron chi connectivity index (χ3n) is 3.89. The molecule has 116 valence electrons. The molecule has 0 aromatic heterocycles. The molecule has 1 aromatic carbocycles. The molecule has 1 aromatic rings. The van der Waals surface area contributed by atoms with E-state index in [2.05, 4.69) is 0 Å². The summed E-state index contributed by atoms with van der Waals surface area (Å²) in [4.78, 5) is 14.3. The van der Waals surface area contributed by atoms with Crippen molar-refractivity contribution >= 4 is 5.91 Å². The molecule has 21 heavy (non-hydrogen) atoms. The highest BCUT2D eigenvalue weighted by molar-refractivity contribution is 5.94. The van der Waals surface area contributed by atoms with Crippen LogP contribution >= 0.6 is 0 Å². The first-order valence-corrected chi connectivity index (χ1v) is 7.45. The zero-order chi connectivity index (χ0) is 15.1. The summed E-state index contributed by atoms with van der Waals surface area (Å²) in [6, 6.07) is 7.30. The third kappa shape index (κ3) is 4.44. The van der Waals surface area contributed by atoms with Crippen LogP contribution < -0.4 is 10.5 Å². The summed E-state index contributed by atoms with van der Waals surface area (Å²) in [6.45, 7) is 3.38. The molecule has 1 saturated heterocycles. The number of carbonyl (C=O) groups excluding carboxylic acids is 1. The van der Waals surface area contributed by atoms with E-state index in [1.165, 1.54) is 0 Å². The number of methoxy groups -OCH3 is 1. The molecule has 1 aliphatic rings. The van der Waals surface area contributed by atoms with Gasteiger partial charge in [-0.1, -0.05) is 0 Å². The monoisotopic (exact) mass is 292 g/mol. The van der Waals surface area contributed by atoms with E-state index in [4.69, 9.17) is 15.2 Å². The summed E-state index contributed by atoms with van der Waals surface area (Å²) in [5.41, 5.74) is 6.38. The molecular formula is C16H24N2O3. The molecular weight excluding hydrogens is 268 g/mol. The van der Waals surface area contributed by atoms with Gasteiger partial charge in [0.05, 0.1) is 6.61 Å². The van der Waals surface area contributed by atoms with Gasteiger partial charge < -0.3 is 20.1 Å². The highest BCUT2D eigenvalue weighted by Crippen LogP contribution is 2.19. The first kappa shape index (κ1) is 15.8. The highest BCUT2D eigenvalue weighted by atomic mass is 16.5. The van der Waals surface area contributed by atoms with Gasteiger partial charge in [0, 0.05) is 25.8 Å². The quantitative estimate of drug-likeness (QED) is 0.807. The second kappa shape index (κ2) is 8.00. The van der Waals surface area contributed by atoms with Gasteiger partial charge in [0.2, 0.25) is 0 Å². The molecule has 0 saturated carbocycles. The number of hydrogen-bond donors (Lipinski definition) is 1. The molecule has 0 unspecified atom stereocenters. The lowest BCUT2D eigenvalue weighted by atomic mass is 9.96. The van der Waals surface area contributed by atoms with E-state index < -0.39 is 0 Å². The summed E-state index contributed by atoms with van der Waals surface area (Å²) < 4.78 is 10.4. The summed E-state index contributed by atoms with van der Waals surface area (Å²) >= 11 is 0. The van der Waals surface area contributed by atoms with Crippen molar-refractivity contribution in [1.82, 2.24) is 4.90 Å². The normalized spacial score (nSPS) is 16.0. The van der Waals surface area contributed by atoms with E-state index in [0.717, 1.165) is 38.2 Å². The highest BCUT2D eigenvalue weighted by Gasteiger charge is 2.22. The number of likely N-dealkylation sites (tertiary alicyclic amines) is 1. The number of benzene rings is 1. The van der Waals surface area contributed by atoms with Crippen LogP contribution in [-0.2, 0) is 4.74 Å². The van der Waals surface area contributed by atoms with E-state index in [1.807, 2.05) is 29.2 Å². The first-order valence-electron chi connectivity index (χ1n) is 7.45. The van der Waals surface area contributed by atoms with E-state index >= 15 is 0 Å². The Balaban J connectivity index is 1.88. The molecule has 0 radical (unpaired) electrons. The van der Waals surface area contributed by atoms with Crippen molar-refractivity contribution in [2.45, 2.75) is 12.8 Å². The largest absolute Gasteiger partial charge is 0.491 e. The van der Waals surface area contributed by atoms with Crippen LogP contribution in [0.5, 0.6) is 5.75 Å². The third-order valence-corrected chi connectivity index (χ3v) is 3.89. The van der Waals surface area contributed by atoms with Crippen LogP contribution in [0.3, 0.4) is 0 Å². The molecule has 1 fully saturated rings. The van der Waals surface area contributed by atoms with Crippen LogP contribution in [0.1, 0.15) is 23.2 Å². The lowest BCUT2D eigenvalue weighted by Gasteiger charge is -2.31. The van der Waals surface area contributed by atoms with Gasteiger partial charge in [-0.2, -0.15) is 0 Å². The average Bonchev–Trinajstić information content (AvgIpc) is 2.55. The number of rotatable bonds is 6. The number of piperidine rings is 1. The van der Waals surface area contributed by atoms with E-state index in [-0.39, 0.29) is 5.91 Å². The predicted molar refractivity (Wildman–Crippen MR) is 81.5 cm³/mol. The second-order valence-corrected chi connectivity index (χ2v) is 5.34. The molecule has 1 aliphatic heterocycles. The Hall–Kier alpha value is -1.59. The van der Waals surface area contributed by atoms with Crippen molar-refractivity contribution < 1.29 is 14.3 Å². The minimum absolute atomic E-state index is 0.0916. The molecule has 1 heterocycles. The van der Waals surface area contributed by atoms with E-state index in [0.29, 0.717) is 24.7 Å². The van der Waals surface area contributed by atoms with Crippen molar-refractivity contribution in [2.75, 3.05) is 40.0 Å². The van der Waals surface area contributed by atoms with Crippen LogP contribution in [-0.4, -0.2) is 50.8 Å². The summed E-state index contributed by atoms with van der Waals surface area (Å²) in [5.74, 6) is 1.41. The zero-order valence-corrected chi connectivity index (χ0v) is 12.6. The molecule has 1 amide bonds. The molecule has 2 N–H and O–H groups in total. The van der Waals surface area contributed by atoms with Gasteiger partial charge in [-0.3, -0.25) is 4.79 Å². The van der Waals surface area contributed by atoms with Crippen LogP contribution in [0.2, 0.25) is 0 Å². The van der Waals surface area contributed by atoms with Gasteiger partial charge in [0.15, 0.2) is 0 Å². The van der Waals surface area contributed by atoms with Crippen molar-refractivity contribution in [2.24, 2.45) is 11.7 Å². The summed E-state index contributed by atoms with van der Waals surface area (Å²) in [5, 5.41) is 0. The van der Waals surface area contributed by atoms with Crippen LogP contribution in [0.25, 0.3) is 0 Å². The maximum atomic E-state index is 12.4. The maximum absolute atomic E-state index is 12.4. The molecule has 0 bridgehead atoms. The molecule has 0 atom stereocenters. The first-order chi connectivity index (χ1) is 10.2. The van der Waals surface area contributed by atoms with Crippen molar-refractivity contribution in [1.29, 1.82) is 0 Å². The summed E-state index contributed by atoms with van der Waals surface area (Å²) in [6.07, 6.45) is 2.00. The second-order valence-electron chi connectivity index (χ2n) is 5.34. The average molecular weight is 292 g/mol. The Morgan fingerprint density at radius 1 is 1.24 bits per heavy atom. The zero-order valence-electron chi connectivity index (χ0n) is 12.6. The SMILES string of the molecule is COCCOc1ccc(C(=O)N2CCC(CN)CC2)cc1.